The molecule has 3 rings (SSSR count). The summed E-state index contributed by atoms with van der Waals surface area (Å²) in [7, 11) is 0. The van der Waals surface area contributed by atoms with Crippen molar-refractivity contribution in [2.75, 3.05) is 0 Å². The molecule has 3 aromatic heterocycles. The highest BCUT2D eigenvalue weighted by Gasteiger charge is 2.07. The molecule has 0 radical (unpaired) electrons. The fourth-order valence-corrected chi connectivity index (χ4v) is 2.31. The van der Waals surface area contributed by atoms with E-state index >= 15 is 0 Å². The number of hydrogen-bond acceptors (Lipinski definition) is 6. The summed E-state index contributed by atoms with van der Waals surface area (Å²) in [6.07, 6.45) is 6.78. The first-order valence-electron chi connectivity index (χ1n) is 7.99. The lowest BCUT2D eigenvalue weighted by atomic mass is 10.2. The summed E-state index contributed by atoms with van der Waals surface area (Å²) in [5.41, 5.74) is 3.12. The summed E-state index contributed by atoms with van der Waals surface area (Å²) in [6.45, 7) is 6.14. The summed E-state index contributed by atoms with van der Waals surface area (Å²) >= 11 is 0. The van der Waals surface area contributed by atoms with E-state index in [0.29, 0.717) is 23.8 Å². The second-order valence-electron chi connectivity index (χ2n) is 6.01. The van der Waals surface area contributed by atoms with Crippen molar-refractivity contribution in [3.05, 3.63) is 64.5 Å². The Hall–Kier alpha value is -3.09. The lowest BCUT2D eigenvalue weighted by Gasteiger charge is -2.09. The Balaban J connectivity index is 1.87. The van der Waals surface area contributed by atoms with Crippen LogP contribution in [0, 0.1) is 6.92 Å². The van der Waals surface area contributed by atoms with Crippen LogP contribution in [0.5, 0.6) is 6.01 Å². The van der Waals surface area contributed by atoms with Crippen LogP contribution in [-0.2, 0) is 6.54 Å². The molecule has 0 amide bonds. The molecule has 25 heavy (non-hydrogen) atoms. The molecule has 128 valence electrons. The first kappa shape index (κ1) is 16.8. The van der Waals surface area contributed by atoms with Crippen LogP contribution in [0.25, 0.3) is 11.3 Å². The third-order valence-electron chi connectivity index (χ3n) is 3.40. The van der Waals surface area contributed by atoms with Crippen molar-refractivity contribution < 1.29 is 4.74 Å². The highest BCUT2D eigenvalue weighted by Crippen LogP contribution is 2.15. The Morgan fingerprint density at radius 3 is 2.56 bits per heavy atom. The van der Waals surface area contributed by atoms with E-state index in [9.17, 15) is 4.79 Å². The van der Waals surface area contributed by atoms with E-state index in [4.69, 9.17) is 4.74 Å². The smallest absolute Gasteiger partial charge is 0.316 e. The number of nitrogens with zero attached hydrogens (tertiary/aromatic N) is 5. The van der Waals surface area contributed by atoms with Crippen molar-refractivity contribution in [3.8, 4) is 17.3 Å². The predicted molar refractivity (Wildman–Crippen MR) is 93.4 cm³/mol. The Morgan fingerprint density at radius 1 is 1.12 bits per heavy atom. The number of hydrogen-bond donors (Lipinski definition) is 0. The SMILES string of the molecule is Cc1cncc(Cn2nc(-c3cnc(OC(C)C)nc3)ccc2=O)c1. The molecular weight excluding hydrogens is 318 g/mol. The minimum Gasteiger partial charge on any atom is -0.461 e. The molecule has 0 fully saturated rings. The van der Waals surface area contributed by atoms with E-state index in [2.05, 4.69) is 20.1 Å². The lowest BCUT2D eigenvalue weighted by molar-refractivity contribution is 0.222. The van der Waals surface area contributed by atoms with Gasteiger partial charge in [-0.3, -0.25) is 9.78 Å². The van der Waals surface area contributed by atoms with E-state index < -0.39 is 0 Å². The summed E-state index contributed by atoms with van der Waals surface area (Å²) in [4.78, 5) is 24.6. The molecule has 7 nitrogen and oxygen atoms in total. The molecule has 0 aromatic carbocycles. The second-order valence-corrected chi connectivity index (χ2v) is 6.01. The maximum absolute atomic E-state index is 12.1. The maximum Gasteiger partial charge on any atom is 0.316 e. The van der Waals surface area contributed by atoms with E-state index in [1.165, 1.54) is 10.7 Å². The van der Waals surface area contributed by atoms with Crippen molar-refractivity contribution in [2.45, 2.75) is 33.4 Å². The molecule has 0 aliphatic heterocycles. The summed E-state index contributed by atoms with van der Waals surface area (Å²) in [5.74, 6) is 0. The van der Waals surface area contributed by atoms with Crippen LogP contribution in [0.4, 0.5) is 0 Å². The number of aromatic nitrogens is 5. The highest BCUT2D eigenvalue weighted by molar-refractivity contribution is 5.55. The van der Waals surface area contributed by atoms with Crippen LogP contribution in [-0.4, -0.2) is 30.8 Å². The lowest BCUT2D eigenvalue weighted by Crippen LogP contribution is -2.23. The van der Waals surface area contributed by atoms with Crippen LogP contribution < -0.4 is 10.3 Å². The third kappa shape index (κ3) is 4.26. The summed E-state index contributed by atoms with van der Waals surface area (Å²) < 4.78 is 6.84. The normalized spacial score (nSPS) is 10.9. The maximum atomic E-state index is 12.1. The largest absolute Gasteiger partial charge is 0.461 e. The zero-order valence-electron chi connectivity index (χ0n) is 14.4. The van der Waals surface area contributed by atoms with Gasteiger partial charge in [0, 0.05) is 36.4 Å². The first-order chi connectivity index (χ1) is 12.0. The number of ether oxygens (including phenoxy) is 1. The summed E-state index contributed by atoms with van der Waals surface area (Å²) in [5, 5.41) is 4.41. The third-order valence-corrected chi connectivity index (χ3v) is 3.40. The molecule has 0 atom stereocenters. The van der Waals surface area contributed by atoms with Crippen molar-refractivity contribution >= 4 is 0 Å². The molecule has 0 aliphatic rings. The number of pyridine rings is 1. The molecule has 0 bridgehead atoms. The first-order valence-corrected chi connectivity index (χ1v) is 7.99. The summed E-state index contributed by atoms with van der Waals surface area (Å²) in [6, 6.07) is 5.45. The van der Waals surface area contributed by atoms with Crippen molar-refractivity contribution in [1.29, 1.82) is 0 Å². The van der Waals surface area contributed by atoms with Crippen LogP contribution in [0.1, 0.15) is 25.0 Å². The zero-order valence-corrected chi connectivity index (χ0v) is 14.4. The van der Waals surface area contributed by atoms with Gasteiger partial charge < -0.3 is 4.74 Å². The molecule has 0 aliphatic carbocycles. The Morgan fingerprint density at radius 2 is 1.88 bits per heavy atom. The standard InChI is InChI=1S/C18H19N5O2/c1-12(2)25-18-20-9-15(10-21-18)16-4-5-17(24)23(22-16)11-14-6-13(3)7-19-8-14/h4-10,12H,11H2,1-3H3. The minimum atomic E-state index is -0.175. The predicted octanol–water partition coefficient (Wildman–Crippen LogP) is 2.24. The van der Waals surface area contributed by atoms with E-state index in [1.54, 1.807) is 30.9 Å². The van der Waals surface area contributed by atoms with Gasteiger partial charge in [0.1, 0.15) is 0 Å². The quantitative estimate of drug-likeness (QED) is 0.710. The fourth-order valence-electron chi connectivity index (χ4n) is 2.31. The van der Waals surface area contributed by atoms with Gasteiger partial charge in [-0.2, -0.15) is 5.10 Å². The molecule has 0 saturated carbocycles. The second kappa shape index (κ2) is 7.21. The fraction of sp³-hybridized carbons (Fsp3) is 0.278. The van der Waals surface area contributed by atoms with Gasteiger partial charge in [0.2, 0.25) is 0 Å². The van der Waals surface area contributed by atoms with Crippen molar-refractivity contribution in [3.63, 3.8) is 0 Å². The zero-order chi connectivity index (χ0) is 17.8. The van der Waals surface area contributed by atoms with Gasteiger partial charge in [0.15, 0.2) is 0 Å². The van der Waals surface area contributed by atoms with Gasteiger partial charge in [0.25, 0.3) is 5.56 Å². The Bertz CT molecular complexity index is 919. The van der Waals surface area contributed by atoms with Gasteiger partial charge >= 0.3 is 6.01 Å². The monoisotopic (exact) mass is 337 g/mol. The molecule has 7 heteroatoms. The Kier molecular flexibility index (Phi) is 4.83. The molecular formula is C18H19N5O2. The van der Waals surface area contributed by atoms with Gasteiger partial charge in [0.05, 0.1) is 18.3 Å². The molecule has 0 saturated heterocycles. The van der Waals surface area contributed by atoms with Crippen molar-refractivity contribution in [1.82, 2.24) is 24.7 Å². The molecule has 0 N–H and O–H groups in total. The van der Waals surface area contributed by atoms with Gasteiger partial charge in [-0.25, -0.2) is 14.6 Å². The van der Waals surface area contributed by atoms with E-state index in [1.807, 2.05) is 26.8 Å². The molecule has 3 aromatic rings. The molecule has 0 unspecified atom stereocenters. The minimum absolute atomic E-state index is 0.00817. The Labute approximate surface area is 145 Å². The van der Waals surface area contributed by atoms with Crippen LogP contribution >= 0.6 is 0 Å². The average molecular weight is 337 g/mol. The number of aryl methyl sites for hydroxylation is 1. The van der Waals surface area contributed by atoms with Gasteiger partial charge in [-0.1, -0.05) is 6.07 Å². The number of rotatable bonds is 5. The average Bonchev–Trinajstić information content (AvgIpc) is 2.57. The van der Waals surface area contributed by atoms with Gasteiger partial charge in [-0.05, 0) is 38.0 Å². The van der Waals surface area contributed by atoms with Gasteiger partial charge in [-0.15, -0.1) is 0 Å². The van der Waals surface area contributed by atoms with Crippen LogP contribution in [0.2, 0.25) is 0 Å². The van der Waals surface area contributed by atoms with E-state index in [-0.39, 0.29) is 11.7 Å². The molecule has 0 spiro atoms. The van der Waals surface area contributed by atoms with Crippen LogP contribution in [0.15, 0.2) is 47.8 Å². The van der Waals surface area contributed by atoms with Crippen molar-refractivity contribution in [2.24, 2.45) is 0 Å². The highest BCUT2D eigenvalue weighted by atomic mass is 16.5. The topological polar surface area (TPSA) is 82.8 Å². The van der Waals surface area contributed by atoms with E-state index in [0.717, 1.165) is 11.1 Å². The molecule has 3 heterocycles. The van der Waals surface area contributed by atoms with Crippen LogP contribution in [0.3, 0.4) is 0 Å².